The van der Waals surface area contributed by atoms with Crippen LogP contribution in [0.1, 0.15) is 18.4 Å². The molecule has 3 aromatic rings. The summed E-state index contributed by atoms with van der Waals surface area (Å²) in [5, 5.41) is 2.17. The summed E-state index contributed by atoms with van der Waals surface area (Å²) in [6.07, 6.45) is 0.861. The van der Waals surface area contributed by atoms with Gasteiger partial charge >= 0.3 is 0 Å². The van der Waals surface area contributed by atoms with Crippen LogP contribution in [0.2, 0.25) is 0 Å². The number of amides is 1. The van der Waals surface area contributed by atoms with E-state index < -0.39 is 15.7 Å². The molecule has 8 heteroatoms. The van der Waals surface area contributed by atoms with Gasteiger partial charge in [-0.1, -0.05) is 48.0 Å². The van der Waals surface area contributed by atoms with E-state index in [1.807, 2.05) is 49.4 Å². The molecule has 2 saturated heterocycles. The minimum Gasteiger partial charge on any atom is -0.484 e. The smallest absolute Gasteiger partial charge is 0.260 e. The van der Waals surface area contributed by atoms with Crippen LogP contribution < -0.4 is 4.74 Å². The van der Waals surface area contributed by atoms with E-state index in [9.17, 15) is 13.2 Å². The summed E-state index contributed by atoms with van der Waals surface area (Å²) < 4.78 is 39.9. The summed E-state index contributed by atoms with van der Waals surface area (Å²) in [5.74, 6) is 0.531. The highest BCUT2D eigenvalue weighted by Gasteiger charge is 2.50. The van der Waals surface area contributed by atoms with Gasteiger partial charge in [-0.3, -0.25) is 4.79 Å². The fourth-order valence-corrected chi connectivity index (χ4v) is 6.49. The summed E-state index contributed by atoms with van der Waals surface area (Å²) in [6, 6.07) is 20.6. The third-order valence-corrected chi connectivity index (χ3v) is 8.67. The molecule has 7 nitrogen and oxygen atoms in total. The van der Waals surface area contributed by atoms with Crippen LogP contribution in [-0.4, -0.2) is 62.1 Å². The number of benzene rings is 3. The lowest BCUT2D eigenvalue weighted by Crippen LogP contribution is -2.56. The van der Waals surface area contributed by atoms with Crippen LogP contribution in [0.3, 0.4) is 0 Å². The summed E-state index contributed by atoms with van der Waals surface area (Å²) in [7, 11) is -3.69. The fourth-order valence-electron chi connectivity index (χ4n) is 4.76. The number of carbonyl (C=O) groups excluding carboxylic acids is 1. The van der Waals surface area contributed by atoms with Gasteiger partial charge in [0.25, 0.3) is 5.91 Å². The van der Waals surface area contributed by atoms with Gasteiger partial charge in [0.15, 0.2) is 6.61 Å². The Morgan fingerprint density at radius 1 is 0.971 bits per heavy atom. The van der Waals surface area contributed by atoms with Gasteiger partial charge in [0.1, 0.15) is 11.5 Å². The third-order valence-electron chi connectivity index (χ3n) is 6.71. The van der Waals surface area contributed by atoms with Gasteiger partial charge in [-0.15, -0.1) is 0 Å². The number of aryl methyl sites for hydroxylation is 1. The number of rotatable bonds is 5. The van der Waals surface area contributed by atoms with E-state index in [0.29, 0.717) is 44.8 Å². The van der Waals surface area contributed by atoms with Crippen molar-refractivity contribution >= 4 is 26.7 Å². The number of ether oxygens (including phenoxy) is 2. The van der Waals surface area contributed by atoms with Crippen molar-refractivity contribution in [1.29, 1.82) is 0 Å². The maximum absolute atomic E-state index is 13.3. The normalized spacial score (nSPS) is 18.4. The monoisotopic (exact) mass is 480 g/mol. The summed E-state index contributed by atoms with van der Waals surface area (Å²) in [6.45, 7) is 3.36. The molecular formula is C26H28N2O5S. The van der Waals surface area contributed by atoms with E-state index in [0.717, 1.165) is 16.3 Å². The molecule has 0 bridgehead atoms. The van der Waals surface area contributed by atoms with Crippen molar-refractivity contribution < 1.29 is 22.7 Å². The molecule has 178 valence electrons. The molecule has 2 aliphatic heterocycles. The van der Waals surface area contributed by atoms with Crippen molar-refractivity contribution in [2.45, 2.75) is 30.4 Å². The van der Waals surface area contributed by atoms with Gasteiger partial charge < -0.3 is 14.4 Å². The van der Waals surface area contributed by atoms with Gasteiger partial charge in [-0.25, -0.2) is 8.42 Å². The maximum Gasteiger partial charge on any atom is 0.260 e. The maximum atomic E-state index is 13.3. The van der Waals surface area contributed by atoms with Crippen LogP contribution in [0.25, 0.3) is 10.8 Å². The molecule has 0 atom stereocenters. The van der Waals surface area contributed by atoms with E-state index in [1.54, 1.807) is 29.2 Å². The van der Waals surface area contributed by atoms with Crippen LogP contribution in [0.15, 0.2) is 71.6 Å². The van der Waals surface area contributed by atoms with Crippen LogP contribution >= 0.6 is 0 Å². The molecule has 5 rings (SSSR count). The Labute approximate surface area is 199 Å². The van der Waals surface area contributed by atoms with Gasteiger partial charge in [0.05, 0.1) is 11.5 Å². The Morgan fingerprint density at radius 3 is 2.41 bits per heavy atom. The fraction of sp³-hybridized carbons (Fsp3) is 0.346. The van der Waals surface area contributed by atoms with Gasteiger partial charge in [0.2, 0.25) is 10.0 Å². The third kappa shape index (κ3) is 4.29. The number of piperidine rings is 1. The average molecular weight is 481 g/mol. The minimum absolute atomic E-state index is 0.0580. The number of nitrogens with zero attached hydrogens (tertiary/aromatic N) is 2. The van der Waals surface area contributed by atoms with E-state index in [4.69, 9.17) is 9.47 Å². The topological polar surface area (TPSA) is 76.2 Å². The highest BCUT2D eigenvalue weighted by atomic mass is 32.2. The molecule has 0 radical (unpaired) electrons. The number of hydrogen-bond acceptors (Lipinski definition) is 5. The van der Waals surface area contributed by atoms with E-state index in [2.05, 4.69) is 0 Å². The molecule has 1 amide bonds. The first-order chi connectivity index (χ1) is 16.4. The number of hydrogen-bond donors (Lipinski definition) is 0. The van der Waals surface area contributed by atoms with Crippen molar-refractivity contribution in [3.63, 3.8) is 0 Å². The number of fused-ring (bicyclic) bond motifs is 1. The molecule has 2 fully saturated rings. The first-order valence-electron chi connectivity index (χ1n) is 11.5. The largest absolute Gasteiger partial charge is 0.484 e. The van der Waals surface area contributed by atoms with Crippen molar-refractivity contribution in [2.24, 2.45) is 0 Å². The molecule has 0 saturated carbocycles. The van der Waals surface area contributed by atoms with Crippen molar-refractivity contribution in [1.82, 2.24) is 9.21 Å². The average Bonchev–Trinajstić information content (AvgIpc) is 3.27. The Bertz CT molecular complexity index is 1300. The number of likely N-dealkylation sites (tertiary alicyclic amines) is 1. The molecule has 2 aliphatic rings. The predicted molar refractivity (Wildman–Crippen MR) is 129 cm³/mol. The van der Waals surface area contributed by atoms with Gasteiger partial charge in [-0.2, -0.15) is 4.31 Å². The first kappa shape index (κ1) is 22.8. The molecule has 0 aliphatic carbocycles. The summed E-state index contributed by atoms with van der Waals surface area (Å²) >= 11 is 0. The van der Waals surface area contributed by atoms with Crippen molar-refractivity contribution in [2.75, 3.05) is 32.8 Å². The molecule has 0 aromatic heterocycles. The Hall–Kier alpha value is -2.94. The second-order valence-corrected chi connectivity index (χ2v) is 10.7. The predicted octanol–water partition coefficient (Wildman–Crippen LogP) is 3.57. The summed E-state index contributed by atoms with van der Waals surface area (Å²) in [4.78, 5) is 14.8. The number of carbonyl (C=O) groups is 1. The second-order valence-electron chi connectivity index (χ2n) is 8.86. The first-order valence-corrected chi connectivity index (χ1v) is 12.9. The van der Waals surface area contributed by atoms with E-state index in [-0.39, 0.29) is 17.4 Å². The second kappa shape index (κ2) is 9.02. The standard InChI is InChI=1S/C26H28N2O5S/c1-20-6-10-24(11-7-20)34(30,31)28-16-17-33-26(28)12-14-27(15-13-26)25(29)19-32-23-9-8-21-4-2-3-5-22(21)18-23/h2-11,18H,12-17,19H2,1H3. The molecule has 0 N–H and O–H groups in total. The lowest BCUT2D eigenvalue weighted by Gasteiger charge is -2.42. The highest BCUT2D eigenvalue weighted by molar-refractivity contribution is 7.89. The highest BCUT2D eigenvalue weighted by Crippen LogP contribution is 2.38. The molecule has 34 heavy (non-hydrogen) atoms. The van der Waals surface area contributed by atoms with Crippen LogP contribution in [0.4, 0.5) is 0 Å². The van der Waals surface area contributed by atoms with Crippen LogP contribution in [0, 0.1) is 6.92 Å². The Morgan fingerprint density at radius 2 is 1.68 bits per heavy atom. The Balaban J connectivity index is 1.22. The lowest BCUT2D eigenvalue weighted by molar-refractivity contribution is -0.142. The molecule has 1 spiro atoms. The Kier molecular flexibility index (Phi) is 6.06. The summed E-state index contributed by atoms with van der Waals surface area (Å²) in [5.41, 5.74) is 0.101. The zero-order valence-corrected chi connectivity index (χ0v) is 20.0. The van der Waals surface area contributed by atoms with Crippen LogP contribution in [0.5, 0.6) is 5.75 Å². The molecule has 3 aromatic carbocycles. The van der Waals surface area contributed by atoms with Crippen molar-refractivity contribution in [3.8, 4) is 5.75 Å². The lowest BCUT2D eigenvalue weighted by atomic mass is 10.0. The van der Waals surface area contributed by atoms with Crippen molar-refractivity contribution in [3.05, 3.63) is 72.3 Å². The minimum atomic E-state index is -3.69. The van der Waals surface area contributed by atoms with E-state index >= 15 is 0 Å². The van der Waals surface area contributed by atoms with Gasteiger partial charge in [0, 0.05) is 32.5 Å². The zero-order valence-electron chi connectivity index (χ0n) is 19.1. The van der Waals surface area contributed by atoms with E-state index in [1.165, 1.54) is 4.31 Å². The molecular weight excluding hydrogens is 452 g/mol. The quantitative estimate of drug-likeness (QED) is 0.558. The SMILES string of the molecule is Cc1ccc(S(=O)(=O)N2CCOC23CCN(C(=O)COc2ccc4ccccc4c2)CC3)cc1. The number of sulfonamides is 1. The van der Waals surface area contributed by atoms with Gasteiger partial charge in [-0.05, 0) is 42.0 Å². The zero-order chi connectivity index (χ0) is 23.8. The molecule has 2 heterocycles. The van der Waals surface area contributed by atoms with Crippen LogP contribution in [-0.2, 0) is 19.6 Å². The molecule has 0 unspecified atom stereocenters.